The third kappa shape index (κ3) is 3.22. The van der Waals surface area contributed by atoms with Crippen LogP contribution in [0.5, 0.6) is 0 Å². The number of amides is 1. The van der Waals surface area contributed by atoms with Crippen LogP contribution in [0.15, 0.2) is 60.7 Å². The van der Waals surface area contributed by atoms with E-state index in [0.29, 0.717) is 22.5 Å². The Morgan fingerprint density at radius 2 is 1.71 bits per heavy atom. The second kappa shape index (κ2) is 7.19. The number of anilines is 1. The zero-order chi connectivity index (χ0) is 19.7. The second-order valence-electron chi connectivity index (χ2n) is 6.82. The van der Waals surface area contributed by atoms with Gasteiger partial charge in [0.1, 0.15) is 6.61 Å². The molecule has 4 rings (SSSR count). The first-order chi connectivity index (χ1) is 13.5. The van der Waals surface area contributed by atoms with Gasteiger partial charge in [0.05, 0.1) is 16.8 Å². The number of carbonyl (C=O) groups excluding carboxylic acids is 2. The molecule has 28 heavy (non-hydrogen) atoms. The average Bonchev–Trinajstić information content (AvgIpc) is 3.20. The summed E-state index contributed by atoms with van der Waals surface area (Å²) in [6.45, 7) is 3.96. The second-order valence-corrected chi connectivity index (χ2v) is 6.82. The van der Waals surface area contributed by atoms with Crippen LogP contribution in [-0.4, -0.2) is 16.9 Å². The Kier molecular flexibility index (Phi) is 4.57. The predicted octanol–water partition coefficient (Wildman–Crippen LogP) is 4.24. The Hall–Kier alpha value is -3.60. The van der Waals surface area contributed by atoms with Gasteiger partial charge in [-0.2, -0.15) is 0 Å². The first-order valence-electron chi connectivity index (χ1n) is 9.07. The molecule has 1 aliphatic heterocycles. The third-order valence-electron chi connectivity index (χ3n) is 4.74. The van der Waals surface area contributed by atoms with E-state index in [1.807, 2.05) is 74.5 Å². The van der Waals surface area contributed by atoms with Gasteiger partial charge in [-0.15, -0.1) is 0 Å². The molecule has 1 amide bonds. The van der Waals surface area contributed by atoms with E-state index in [4.69, 9.17) is 4.74 Å². The maximum Gasteiger partial charge on any atom is 0.341 e. The van der Waals surface area contributed by atoms with Gasteiger partial charge < -0.3 is 15.0 Å². The van der Waals surface area contributed by atoms with Crippen molar-refractivity contribution in [3.05, 3.63) is 88.7 Å². The van der Waals surface area contributed by atoms with Gasteiger partial charge in [-0.1, -0.05) is 48.5 Å². The minimum atomic E-state index is -0.532. The number of esters is 1. The summed E-state index contributed by atoms with van der Waals surface area (Å²) in [6.07, 6.45) is 0. The number of aryl methyl sites for hydroxylation is 2. The van der Waals surface area contributed by atoms with Crippen LogP contribution in [-0.2, 0) is 20.9 Å². The highest BCUT2D eigenvalue weighted by atomic mass is 16.5. The van der Waals surface area contributed by atoms with E-state index in [1.54, 1.807) is 0 Å². The molecule has 2 N–H and O–H groups in total. The van der Waals surface area contributed by atoms with Gasteiger partial charge in [0.25, 0.3) is 5.91 Å². The summed E-state index contributed by atoms with van der Waals surface area (Å²) in [5.41, 5.74) is 5.26. The summed E-state index contributed by atoms with van der Waals surface area (Å²) in [5.74, 6) is -0.838. The molecule has 1 aromatic heterocycles. The third-order valence-corrected chi connectivity index (χ3v) is 4.74. The molecular formula is C23H20N2O3. The summed E-state index contributed by atoms with van der Waals surface area (Å²) < 4.78 is 5.59. The summed E-state index contributed by atoms with van der Waals surface area (Å²) in [5, 5.41) is 2.83. The lowest BCUT2D eigenvalue weighted by Gasteiger charge is -2.11. The molecule has 0 unspecified atom stereocenters. The number of hydrogen-bond donors (Lipinski definition) is 2. The van der Waals surface area contributed by atoms with Gasteiger partial charge in [-0.3, -0.25) is 4.79 Å². The quantitative estimate of drug-likeness (QED) is 0.532. The molecule has 0 fully saturated rings. The van der Waals surface area contributed by atoms with Gasteiger partial charge in [-0.05, 0) is 37.1 Å². The summed E-state index contributed by atoms with van der Waals surface area (Å²) in [6, 6.07) is 18.8. The van der Waals surface area contributed by atoms with Gasteiger partial charge in [-0.25, -0.2) is 4.79 Å². The number of hydrogen-bond acceptors (Lipinski definition) is 3. The first kappa shape index (κ1) is 17.8. The Morgan fingerprint density at radius 1 is 1.00 bits per heavy atom. The standard InChI is InChI=1S/C23H20N2O3/c1-14-12-15(2)24-21(14)20(23(27)28-13-16-8-4-3-5-9-16)19-17-10-6-7-11-18(17)25-22(19)26/h3-12,24H,13H2,1-2H3,(H,25,26). The van der Waals surface area contributed by atoms with E-state index in [-0.39, 0.29) is 18.1 Å². The monoisotopic (exact) mass is 372 g/mol. The smallest absolute Gasteiger partial charge is 0.341 e. The van der Waals surface area contributed by atoms with Crippen LogP contribution < -0.4 is 5.32 Å². The molecule has 0 saturated carbocycles. The fourth-order valence-electron chi connectivity index (χ4n) is 3.48. The number of aromatic nitrogens is 1. The van der Waals surface area contributed by atoms with E-state index >= 15 is 0 Å². The highest BCUT2D eigenvalue weighted by Crippen LogP contribution is 2.38. The SMILES string of the molecule is Cc1cc(C)c(C(C(=O)OCc2ccccc2)=C2C(=O)Nc3ccccc32)[nH]1. The molecule has 140 valence electrons. The number of aromatic amines is 1. The van der Waals surface area contributed by atoms with Crippen molar-refractivity contribution < 1.29 is 14.3 Å². The molecule has 2 heterocycles. The fraction of sp³-hybridized carbons (Fsp3) is 0.130. The van der Waals surface area contributed by atoms with Crippen LogP contribution in [0.1, 0.15) is 28.1 Å². The Balaban J connectivity index is 1.80. The molecule has 0 saturated heterocycles. The normalized spacial score (nSPS) is 14.4. The number of H-pyrrole nitrogens is 1. The van der Waals surface area contributed by atoms with Crippen molar-refractivity contribution in [1.82, 2.24) is 4.98 Å². The summed E-state index contributed by atoms with van der Waals surface area (Å²) in [7, 11) is 0. The molecule has 0 radical (unpaired) electrons. The van der Waals surface area contributed by atoms with Crippen molar-refractivity contribution in [3.63, 3.8) is 0 Å². The van der Waals surface area contributed by atoms with Gasteiger partial charge in [0, 0.05) is 16.9 Å². The van der Waals surface area contributed by atoms with E-state index in [0.717, 1.165) is 16.8 Å². The van der Waals surface area contributed by atoms with Crippen LogP contribution in [0.3, 0.4) is 0 Å². The van der Waals surface area contributed by atoms with Gasteiger partial charge >= 0.3 is 5.97 Å². The number of ether oxygens (including phenoxy) is 1. The Labute approximate surface area is 163 Å². The zero-order valence-corrected chi connectivity index (χ0v) is 15.7. The number of fused-ring (bicyclic) bond motifs is 1. The molecule has 5 nitrogen and oxygen atoms in total. The number of para-hydroxylation sites is 1. The summed E-state index contributed by atoms with van der Waals surface area (Å²) in [4.78, 5) is 29.1. The van der Waals surface area contributed by atoms with Gasteiger partial charge in [0.15, 0.2) is 0 Å². The van der Waals surface area contributed by atoms with Crippen LogP contribution in [0.2, 0.25) is 0 Å². The fourth-order valence-corrected chi connectivity index (χ4v) is 3.48. The highest BCUT2D eigenvalue weighted by molar-refractivity contribution is 6.44. The van der Waals surface area contributed by atoms with Gasteiger partial charge in [0.2, 0.25) is 0 Å². The Morgan fingerprint density at radius 3 is 2.43 bits per heavy atom. The molecule has 0 bridgehead atoms. The molecule has 2 aromatic carbocycles. The molecule has 1 aliphatic rings. The number of nitrogens with one attached hydrogen (secondary N) is 2. The summed E-state index contributed by atoms with van der Waals surface area (Å²) >= 11 is 0. The van der Waals surface area contributed by atoms with Crippen LogP contribution in [0.25, 0.3) is 11.1 Å². The number of rotatable bonds is 4. The van der Waals surface area contributed by atoms with E-state index in [2.05, 4.69) is 10.3 Å². The molecule has 0 spiro atoms. The number of benzene rings is 2. The van der Waals surface area contributed by atoms with Crippen LogP contribution in [0, 0.1) is 13.8 Å². The highest BCUT2D eigenvalue weighted by Gasteiger charge is 2.32. The molecule has 3 aromatic rings. The van der Waals surface area contributed by atoms with Crippen molar-refractivity contribution in [2.45, 2.75) is 20.5 Å². The first-order valence-corrected chi connectivity index (χ1v) is 9.07. The van der Waals surface area contributed by atoms with Crippen LogP contribution >= 0.6 is 0 Å². The zero-order valence-electron chi connectivity index (χ0n) is 15.7. The molecule has 5 heteroatoms. The lowest BCUT2D eigenvalue weighted by Crippen LogP contribution is -2.14. The number of carbonyl (C=O) groups is 2. The lowest BCUT2D eigenvalue weighted by molar-refractivity contribution is -0.137. The maximum atomic E-state index is 13.1. The minimum absolute atomic E-state index is 0.137. The largest absolute Gasteiger partial charge is 0.457 e. The van der Waals surface area contributed by atoms with Crippen molar-refractivity contribution in [2.75, 3.05) is 5.32 Å². The van der Waals surface area contributed by atoms with Crippen molar-refractivity contribution in [2.24, 2.45) is 0 Å². The van der Waals surface area contributed by atoms with E-state index < -0.39 is 5.97 Å². The van der Waals surface area contributed by atoms with Crippen molar-refractivity contribution in [3.8, 4) is 0 Å². The maximum absolute atomic E-state index is 13.1. The lowest BCUT2D eigenvalue weighted by atomic mass is 9.97. The predicted molar refractivity (Wildman–Crippen MR) is 108 cm³/mol. The van der Waals surface area contributed by atoms with Crippen molar-refractivity contribution >= 4 is 28.7 Å². The minimum Gasteiger partial charge on any atom is -0.457 e. The van der Waals surface area contributed by atoms with Crippen LogP contribution in [0.4, 0.5) is 5.69 Å². The van der Waals surface area contributed by atoms with E-state index in [1.165, 1.54) is 0 Å². The topological polar surface area (TPSA) is 71.2 Å². The molecule has 0 aliphatic carbocycles. The Bertz CT molecular complexity index is 1090. The molecular weight excluding hydrogens is 352 g/mol. The van der Waals surface area contributed by atoms with Crippen molar-refractivity contribution in [1.29, 1.82) is 0 Å². The average molecular weight is 372 g/mol. The van der Waals surface area contributed by atoms with E-state index in [9.17, 15) is 9.59 Å². The molecule has 0 atom stereocenters.